The quantitative estimate of drug-likeness (QED) is 0.379. The summed E-state index contributed by atoms with van der Waals surface area (Å²) in [6, 6.07) is 4.72. The number of thiocarbonyl (C=S) groups is 1. The summed E-state index contributed by atoms with van der Waals surface area (Å²) in [7, 11) is 0. The SMILES string of the molecule is CCCCNC(=S)N/N=C\c1ccc(C(F)(F)F)cc1. The van der Waals surface area contributed by atoms with E-state index in [2.05, 4.69) is 22.8 Å². The van der Waals surface area contributed by atoms with Crippen molar-refractivity contribution in [2.24, 2.45) is 5.10 Å². The Balaban J connectivity index is 2.44. The molecule has 0 radical (unpaired) electrons. The molecule has 2 N–H and O–H groups in total. The fourth-order valence-corrected chi connectivity index (χ4v) is 1.50. The zero-order valence-corrected chi connectivity index (χ0v) is 11.8. The van der Waals surface area contributed by atoms with Crippen LogP contribution in [0.3, 0.4) is 0 Å². The third-order valence-corrected chi connectivity index (χ3v) is 2.67. The van der Waals surface area contributed by atoms with Gasteiger partial charge in [-0.15, -0.1) is 0 Å². The smallest absolute Gasteiger partial charge is 0.361 e. The van der Waals surface area contributed by atoms with Crippen LogP contribution in [0.15, 0.2) is 29.4 Å². The molecule has 0 aliphatic rings. The number of nitrogens with one attached hydrogen (secondary N) is 2. The molecular formula is C13H16F3N3S. The summed E-state index contributed by atoms with van der Waals surface area (Å²) in [6.07, 6.45) is -0.846. The molecule has 0 fully saturated rings. The fraction of sp³-hybridized carbons (Fsp3) is 0.385. The first-order valence-electron chi connectivity index (χ1n) is 6.17. The van der Waals surface area contributed by atoms with E-state index < -0.39 is 11.7 Å². The van der Waals surface area contributed by atoms with Crippen molar-refractivity contribution in [1.29, 1.82) is 0 Å². The molecule has 0 bridgehead atoms. The third kappa shape index (κ3) is 6.01. The average Bonchev–Trinajstić information content (AvgIpc) is 2.38. The molecule has 20 heavy (non-hydrogen) atoms. The van der Waals surface area contributed by atoms with E-state index in [1.165, 1.54) is 18.3 Å². The number of halogens is 3. The molecule has 0 aromatic heterocycles. The van der Waals surface area contributed by atoms with Gasteiger partial charge in [-0.25, -0.2) is 0 Å². The van der Waals surface area contributed by atoms with Gasteiger partial charge in [0.15, 0.2) is 5.11 Å². The van der Waals surface area contributed by atoms with Gasteiger partial charge in [-0.05, 0) is 36.3 Å². The van der Waals surface area contributed by atoms with Crippen molar-refractivity contribution < 1.29 is 13.2 Å². The molecule has 1 rings (SSSR count). The van der Waals surface area contributed by atoms with Crippen molar-refractivity contribution in [3.05, 3.63) is 35.4 Å². The maximum atomic E-state index is 12.4. The second kappa shape index (κ2) is 7.84. The van der Waals surface area contributed by atoms with Crippen molar-refractivity contribution >= 4 is 23.5 Å². The Kier molecular flexibility index (Phi) is 6.44. The highest BCUT2D eigenvalue weighted by atomic mass is 32.1. The lowest BCUT2D eigenvalue weighted by Crippen LogP contribution is -2.32. The van der Waals surface area contributed by atoms with Crippen LogP contribution in [0.5, 0.6) is 0 Å². The lowest BCUT2D eigenvalue weighted by Gasteiger charge is -2.06. The summed E-state index contributed by atoms with van der Waals surface area (Å²) in [5, 5.41) is 7.20. The molecule has 0 spiro atoms. The number of unbranched alkanes of at least 4 members (excludes halogenated alkanes) is 1. The Morgan fingerprint density at radius 2 is 1.95 bits per heavy atom. The Labute approximate surface area is 121 Å². The van der Waals surface area contributed by atoms with E-state index in [-0.39, 0.29) is 0 Å². The molecule has 0 heterocycles. The van der Waals surface area contributed by atoms with Crippen LogP contribution in [-0.4, -0.2) is 17.9 Å². The molecule has 1 aromatic carbocycles. The molecule has 0 saturated carbocycles. The molecule has 3 nitrogen and oxygen atoms in total. The molecular weight excluding hydrogens is 287 g/mol. The van der Waals surface area contributed by atoms with E-state index in [0.717, 1.165) is 31.5 Å². The van der Waals surface area contributed by atoms with Crippen LogP contribution in [-0.2, 0) is 6.18 Å². The molecule has 0 aliphatic carbocycles. The largest absolute Gasteiger partial charge is 0.416 e. The summed E-state index contributed by atoms with van der Waals surface area (Å²) < 4.78 is 37.1. The molecule has 0 saturated heterocycles. The summed E-state index contributed by atoms with van der Waals surface area (Å²) in [6.45, 7) is 2.83. The Morgan fingerprint density at radius 1 is 1.30 bits per heavy atom. The minimum atomic E-state index is -4.32. The Hall–Kier alpha value is -1.63. The summed E-state index contributed by atoms with van der Waals surface area (Å²) in [5.74, 6) is 0. The molecule has 0 unspecified atom stereocenters. The Morgan fingerprint density at radius 3 is 2.50 bits per heavy atom. The van der Waals surface area contributed by atoms with Gasteiger partial charge in [-0.2, -0.15) is 18.3 Å². The van der Waals surface area contributed by atoms with E-state index in [1.54, 1.807) is 0 Å². The highest BCUT2D eigenvalue weighted by molar-refractivity contribution is 7.80. The van der Waals surface area contributed by atoms with E-state index in [9.17, 15) is 13.2 Å². The topological polar surface area (TPSA) is 36.4 Å². The Bertz CT molecular complexity index is 455. The van der Waals surface area contributed by atoms with E-state index in [4.69, 9.17) is 12.2 Å². The number of nitrogens with zero attached hydrogens (tertiary/aromatic N) is 1. The van der Waals surface area contributed by atoms with Crippen molar-refractivity contribution in [2.75, 3.05) is 6.54 Å². The number of hydrogen-bond acceptors (Lipinski definition) is 2. The first kappa shape index (κ1) is 16.4. The molecule has 7 heteroatoms. The van der Waals surface area contributed by atoms with Gasteiger partial charge in [0.1, 0.15) is 0 Å². The summed E-state index contributed by atoms with van der Waals surface area (Å²) >= 11 is 4.97. The third-order valence-electron chi connectivity index (χ3n) is 2.43. The van der Waals surface area contributed by atoms with Gasteiger partial charge in [0.05, 0.1) is 11.8 Å². The van der Waals surface area contributed by atoms with Gasteiger partial charge < -0.3 is 5.32 Å². The van der Waals surface area contributed by atoms with Gasteiger partial charge in [0.2, 0.25) is 0 Å². The van der Waals surface area contributed by atoms with Crippen LogP contribution in [0.2, 0.25) is 0 Å². The number of alkyl halides is 3. The van der Waals surface area contributed by atoms with Crippen LogP contribution in [0.25, 0.3) is 0 Å². The molecule has 1 aromatic rings. The average molecular weight is 303 g/mol. The standard InChI is InChI=1S/C13H16F3N3S/c1-2-3-8-17-12(20)19-18-9-10-4-6-11(7-5-10)13(14,15)16/h4-7,9H,2-3,8H2,1H3,(H2,17,19,20)/b18-9-. The molecule has 0 atom stereocenters. The van der Waals surface area contributed by atoms with Gasteiger partial charge in [-0.3, -0.25) is 5.43 Å². The van der Waals surface area contributed by atoms with E-state index in [1.807, 2.05) is 0 Å². The van der Waals surface area contributed by atoms with E-state index in [0.29, 0.717) is 10.7 Å². The van der Waals surface area contributed by atoms with Crippen LogP contribution in [0, 0.1) is 0 Å². The maximum Gasteiger partial charge on any atom is 0.416 e. The van der Waals surface area contributed by atoms with Gasteiger partial charge in [-0.1, -0.05) is 25.5 Å². The minimum absolute atomic E-state index is 0.390. The first-order valence-corrected chi connectivity index (χ1v) is 6.58. The van der Waals surface area contributed by atoms with Crippen molar-refractivity contribution in [2.45, 2.75) is 25.9 Å². The molecule has 0 amide bonds. The lowest BCUT2D eigenvalue weighted by molar-refractivity contribution is -0.137. The maximum absolute atomic E-state index is 12.4. The van der Waals surface area contributed by atoms with Gasteiger partial charge in [0.25, 0.3) is 0 Å². The zero-order valence-electron chi connectivity index (χ0n) is 11.0. The first-order chi connectivity index (χ1) is 9.43. The minimum Gasteiger partial charge on any atom is -0.361 e. The lowest BCUT2D eigenvalue weighted by atomic mass is 10.1. The van der Waals surface area contributed by atoms with Crippen molar-refractivity contribution in [3.8, 4) is 0 Å². The fourth-order valence-electron chi connectivity index (χ4n) is 1.34. The summed E-state index contributed by atoms with van der Waals surface area (Å²) in [4.78, 5) is 0. The van der Waals surface area contributed by atoms with Gasteiger partial charge in [0, 0.05) is 6.54 Å². The van der Waals surface area contributed by atoms with Crippen molar-refractivity contribution in [1.82, 2.24) is 10.7 Å². The predicted molar refractivity (Wildman–Crippen MR) is 77.7 cm³/mol. The second-order valence-electron chi connectivity index (χ2n) is 4.10. The normalized spacial score (nSPS) is 11.6. The van der Waals surface area contributed by atoms with Crippen LogP contribution < -0.4 is 10.7 Å². The highest BCUT2D eigenvalue weighted by Gasteiger charge is 2.29. The number of hydrazone groups is 1. The van der Waals surface area contributed by atoms with E-state index >= 15 is 0 Å². The number of benzene rings is 1. The number of hydrogen-bond donors (Lipinski definition) is 2. The van der Waals surface area contributed by atoms with Crippen LogP contribution >= 0.6 is 12.2 Å². The zero-order chi connectivity index (χ0) is 15.0. The number of rotatable bonds is 5. The van der Waals surface area contributed by atoms with Gasteiger partial charge >= 0.3 is 6.18 Å². The van der Waals surface area contributed by atoms with Crippen LogP contribution in [0.1, 0.15) is 30.9 Å². The highest BCUT2D eigenvalue weighted by Crippen LogP contribution is 2.28. The molecule has 110 valence electrons. The predicted octanol–water partition coefficient (Wildman–Crippen LogP) is 3.30. The monoisotopic (exact) mass is 303 g/mol. The molecule has 0 aliphatic heterocycles. The van der Waals surface area contributed by atoms with Crippen LogP contribution in [0.4, 0.5) is 13.2 Å². The second-order valence-corrected chi connectivity index (χ2v) is 4.51. The van der Waals surface area contributed by atoms with Crippen molar-refractivity contribution in [3.63, 3.8) is 0 Å². The summed E-state index contributed by atoms with van der Waals surface area (Å²) in [5.41, 5.74) is 2.48.